The zero-order chi connectivity index (χ0) is 14.1. The zero-order valence-corrected chi connectivity index (χ0v) is 12.0. The van der Waals surface area contributed by atoms with Crippen LogP contribution < -0.4 is 4.90 Å². The number of hydrogen-bond donors (Lipinski definition) is 0. The first-order chi connectivity index (χ1) is 9.66. The molecular formula is C17H20N2O. The van der Waals surface area contributed by atoms with Crippen molar-refractivity contribution in [3.63, 3.8) is 0 Å². The number of fused-ring (bicyclic) bond motifs is 1. The van der Waals surface area contributed by atoms with Crippen molar-refractivity contribution < 1.29 is 4.79 Å². The summed E-state index contributed by atoms with van der Waals surface area (Å²) < 4.78 is 1.89. The van der Waals surface area contributed by atoms with Crippen LogP contribution in [0.3, 0.4) is 0 Å². The molecule has 0 saturated heterocycles. The summed E-state index contributed by atoms with van der Waals surface area (Å²) in [5.41, 5.74) is 3.35. The van der Waals surface area contributed by atoms with Gasteiger partial charge in [-0.05, 0) is 43.5 Å². The van der Waals surface area contributed by atoms with E-state index in [0.29, 0.717) is 12.6 Å². The first-order valence-corrected chi connectivity index (χ1v) is 7.16. The highest BCUT2D eigenvalue weighted by atomic mass is 16.1. The van der Waals surface area contributed by atoms with Crippen LogP contribution in [0.1, 0.15) is 29.4 Å². The lowest BCUT2D eigenvalue weighted by Gasteiger charge is -2.36. The first-order valence-electron chi connectivity index (χ1n) is 7.16. The Morgan fingerprint density at radius 3 is 2.80 bits per heavy atom. The summed E-state index contributed by atoms with van der Waals surface area (Å²) >= 11 is 0. The molecule has 104 valence electrons. The first kappa shape index (κ1) is 13.0. The number of aromatic nitrogens is 1. The molecule has 2 heterocycles. The Kier molecular flexibility index (Phi) is 3.35. The summed E-state index contributed by atoms with van der Waals surface area (Å²) in [7, 11) is 1.92. The molecule has 2 aromatic rings. The molecule has 1 unspecified atom stereocenters. The van der Waals surface area contributed by atoms with Crippen molar-refractivity contribution in [2.75, 3.05) is 11.4 Å². The molecule has 0 saturated carbocycles. The average molecular weight is 268 g/mol. The Hall–Kier alpha value is -2.03. The fourth-order valence-corrected chi connectivity index (χ4v) is 2.99. The van der Waals surface area contributed by atoms with Gasteiger partial charge in [-0.2, -0.15) is 0 Å². The van der Waals surface area contributed by atoms with E-state index in [4.69, 9.17) is 0 Å². The van der Waals surface area contributed by atoms with E-state index in [1.165, 1.54) is 11.3 Å². The molecule has 0 bridgehead atoms. The van der Waals surface area contributed by atoms with Crippen LogP contribution >= 0.6 is 0 Å². The van der Waals surface area contributed by atoms with Crippen LogP contribution in [-0.2, 0) is 13.5 Å². The maximum absolute atomic E-state index is 12.5. The minimum absolute atomic E-state index is 0.182. The van der Waals surface area contributed by atoms with Gasteiger partial charge < -0.3 is 9.47 Å². The molecule has 1 aliphatic heterocycles. The molecule has 0 fully saturated rings. The van der Waals surface area contributed by atoms with Crippen molar-refractivity contribution in [3.8, 4) is 0 Å². The smallest absolute Gasteiger partial charge is 0.198 e. The molecule has 0 aliphatic carbocycles. The third-order valence-electron chi connectivity index (χ3n) is 4.21. The Morgan fingerprint density at radius 1 is 1.25 bits per heavy atom. The molecule has 1 atom stereocenters. The second-order valence-electron chi connectivity index (χ2n) is 5.57. The number of ketones is 1. The molecular weight excluding hydrogens is 248 g/mol. The van der Waals surface area contributed by atoms with E-state index in [0.717, 1.165) is 18.5 Å². The van der Waals surface area contributed by atoms with E-state index >= 15 is 0 Å². The number of aryl methyl sites for hydroxylation is 2. The Bertz CT molecular complexity index is 629. The van der Waals surface area contributed by atoms with Crippen molar-refractivity contribution in [2.24, 2.45) is 7.05 Å². The van der Waals surface area contributed by atoms with Crippen molar-refractivity contribution in [1.29, 1.82) is 0 Å². The standard InChI is InChI=1S/C17H20N2O/c1-13-9-10-14-6-3-4-7-15(14)19(13)12-17(20)16-8-5-11-18(16)2/h3-8,11,13H,9-10,12H2,1-2H3. The van der Waals surface area contributed by atoms with E-state index in [1.807, 2.05) is 29.9 Å². The van der Waals surface area contributed by atoms with Crippen molar-refractivity contribution >= 4 is 11.5 Å². The number of Topliss-reactive ketones (excluding diaryl/α,β-unsaturated/α-hetero) is 1. The maximum Gasteiger partial charge on any atom is 0.198 e. The molecule has 0 radical (unpaired) electrons. The van der Waals surface area contributed by atoms with Crippen LogP contribution in [0.2, 0.25) is 0 Å². The van der Waals surface area contributed by atoms with Crippen LogP contribution in [0.4, 0.5) is 5.69 Å². The van der Waals surface area contributed by atoms with Gasteiger partial charge in [0.05, 0.1) is 12.2 Å². The minimum atomic E-state index is 0.182. The quantitative estimate of drug-likeness (QED) is 0.799. The average Bonchev–Trinajstić information content (AvgIpc) is 2.88. The zero-order valence-electron chi connectivity index (χ0n) is 12.0. The number of carbonyl (C=O) groups excluding carboxylic acids is 1. The SMILES string of the molecule is CC1CCc2ccccc2N1CC(=O)c1cccn1C. The second kappa shape index (κ2) is 5.16. The van der Waals surface area contributed by atoms with Crippen molar-refractivity contribution in [2.45, 2.75) is 25.8 Å². The molecule has 0 N–H and O–H groups in total. The fraction of sp³-hybridized carbons (Fsp3) is 0.353. The predicted octanol–water partition coefficient (Wildman–Crippen LogP) is 3.05. The summed E-state index contributed by atoms with van der Waals surface area (Å²) in [6.07, 6.45) is 4.13. The van der Waals surface area contributed by atoms with Gasteiger partial charge in [0.1, 0.15) is 0 Å². The largest absolute Gasteiger partial charge is 0.361 e. The number of para-hydroxylation sites is 1. The van der Waals surface area contributed by atoms with Gasteiger partial charge >= 0.3 is 0 Å². The number of anilines is 1. The Morgan fingerprint density at radius 2 is 2.05 bits per heavy atom. The van der Waals surface area contributed by atoms with Gasteiger partial charge in [0.2, 0.25) is 0 Å². The van der Waals surface area contributed by atoms with Crippen LogP contribution in [0.15, 0.2) is 42.6 Å². The maximum atomic E-state index is 12.5. The molecule has 1 aromatic heterocycles. The van der Waals surface area contributed by atoms with E-state index in [9.17, 15) is 4.79 Å². The number of benzene rings is 1. The van der Waals surface area contributed by atoms with Crippen LogP contribution in [0.5, 0.6) is 0 Å². The predicted molar refractivity (Wildman–Crippen MR) is 81.3 cm³/mol. The van der Waals surface area contributed by atoms with Gasteiger partial charge in [0.15, 0.2) is 5.78 Å². The summed E-state index contributed by atoms with van der Waals surface area (Å²) in [4.78, 5) is 14.7. The molecule has 20 heavy (non-hydrogen) atoms. The van der Waals surface area contributed by atoms with Gasteiger partial charge in [-0.3, -0.25) is 4.79 Å². The molecule has 3 nitrogen and oxygen atoms in total. The van der Waals surface area contributed by atoms with Gasteiger partial charge in [0.25, 0.3) is 0 Å². The molecule has 1 aromatic carbocycles. The third-order valence-corrected chi connectivity index (χ3v) is 4.21. The Balaban J connectivity index is 1.87. The minimum Gasteiger partial charge on any atom is -0.361 e. The van der Waals surface area contributed by atoms with Gasteiger partial charge in [-0.15, -0.1) is 0 Å². The normalized spacial score (nSPS) is 17.9. The highest BCUT2D eigenvalue weighted by molar-refractivity contribution is 5.98. The lowest BCUT2D eigenvalue weighted by molar-refractivity contribution is 0.0988. The highest BCUT2D eigenvalue weighted by Gasteiger charge is 2.25. The van der Waals surface area contributed by atoms with Crippen LogP contribution in [-0.4, -0.2) is 22.9 Å². The molecule has 0 spiro atoms. The fourth-order valence-electron chi connectivity index (χ4n) is 2.99. The van der Waals surface area contributed by atoms with E-state index in [-0.39, 0.29) is 5.78 Å². The lowest BCUT2D eigenvalue weighted by atomic mass is 9.96. The summed E-state index contributed by atoms with van der Waals surface area (Å²) in [5, 5.41) is 0. The number of carbonyl (C=O) groups is 1. The summed E-state index contributed by atoms with van der Waals surface area (Å²) in [6.45, 7) is 2.66. The van der Waals surface area contributed by atoms with Crippen LogP contribution in [0, 0.1) is 0 Å². The van der Waals surface area contributed by atoms with Crippen molar-refractivity contribution in [1.82, 2.24) is 4.57 Å². The van der Waals surface area contributed by atoms with Gasteiger partial charge in [0, 0.05) is 25.0 Å². The summed E-state index contributed by atoms with van der Waals surface area (Å²) in [5.74, 6) is 0.182. The number of nitrogens with zero attached hydrogens (tertiary/aromatic N) is 2. The lowest BCUT2D eigenvalue weighted by Crippen LogP contribution is -2.41. The van der Waals surface area contributed by atoms with Gasteiger partial charge in [-0.25, -0.2) is 0 Å². The van der Waals surface area contributed by atoms with Crippen LogP contribution in [0.25, 0.3) is 0 Å². The monoisotopic (exact) mass is 268 g/mol. The summed E-state index contributed by atoms with van der Waals surface area (Å²) in [6, 6.07) is 12.6. The number of hydrogen-bond acceptors (Lipinski definition) is 2. The van der Waals surface area contributed by atoms with Gasteiger partial charge in [-0.1, -0.05) is 18.2 Å². The molecule has 1 aliphatic rings. The second-order valence-corrected chi connectivity index (χ2v) is 5.57. The highest BCUT2D eigenvalue weighted by Crippen LogP contribution is 2.30. The third kappa shape index (κ3) is 2.24. The topological polar surface area (TPSA) is 25.2 Å². The van der Waals surface area contributed by atoms with E-state index in [2.05, 4.69) is 36.1 Å². The van der Waals surface area contributed by atoms with E-state index in [1.54, 1.807) is 0 Å². The molecule has 3 rings (SSSR count). The molecule has 0 amide bonds. The number of rotatable bonds is 3. The Labute approximate surface area is 119 Å². The molecule has 3 heteroatoms. The van der Waals surface area contributed by atoms with E-state index < -0.39 is 0 Å². The van der Waals surface area contributed by atoms with Crippen molar-refractivity contribution in [3.05, 3.63) is 53.9 Å².